The molecule has 1 aromatic carbocycles. The Hall–Kier alpha value is -2.30. The number of para-hydroxylation sites is 1. The first-order valence-electron chi connectivity index (χ1n) is 11.3. The van der Waals surface area contributed by atoms with Gasteiger partial charge in [0.2, 0.25) is 0 Å². The maximum Gasteiger partial charge on any atom is 0.273 e. The summed E-state index contributed by atoms with van der Waals surface area (Å²) in [4.78, 5) is 13.0. The average molecular weight is 409 g/mol. The standard InChI is InChI=1S/C25H32N2O3/c1-15-5-4-6-16(2)23(15)29-13-21-17(3)30-27-22(21)24(28)26-14-25-10-18-7-19(11-25)9-20(8-18)12-25/h4-6,18-20H,7-14H2,1-3H3,(H,26,28). The molecule has 0 saturated heterocycles. The quantitative estimate of drug-likeness (QED) is 0.720. The maximum absolute atomic E-state index is 13.0. The van der Waals surface area contributed by atoms with E-state index >= 15 is 0 Å². The van der Waals surface area contributed by atoms with Crippen molar-refractivity contribution in [1.82, 2.24) is 10.5 Å². The van der Waals surface area contributed by atoms with Gasteiger partial charge in [-0.15, -0.1) is 0 Å². The summed E-state index contributed by atoms with van der Waals surface area (Å²) >= 11 is 0. The molecular weight excluding hydrogens is 376 g/mol. The highest BCUT2D eigenvalue weighted by molar-refractivity contribution is 5.93. The number of carbonyl (C=O) groups excluding carboxylic acids is 1. The topological polar surface area (TPSA) is 64.4 Å². The highest BCUT2D eigenvalue weighted by atomic mass is 16.5. The summed E-state index contributed by atoms with van der Waals surface area (Å²) in [6.45, 7) is 6.94. The molecule has 6 rings (SSSR count). The molecule has 0 atom stereocenters. The first-order valence-corrected chi connectivity index (χ1v) is 11.3. The second kappa shape index (κ2) is 7.44. The lowest BCUT2D eigenvalue weighted by Gasteiger charge is -2.56. The van der Waals surface area contributed by atoms with Gasteiger partial charge in [-0.1, -0.05) is 23.4 Å². The van der Waals surface area contributed by atoms with Crippen molar-refractivity contribution < 1.29 is 14.1 Å². The van der Waals surface area contributed by atoms with Crippen molar-refractivity contribution in [3.8, 4) is 5.75 Å². The first-order chi connectivity index (χ1) is 14.4. The number of benzene rings is 1. The molecule has 4 aliphatic rings. The van der Waals surface area contributed by atoms with Crippen LogP contribution in [0.2, 0.25) is 0 Å². The fourth-order valence-corrected chi connectivity index (χ4v) is 6.77. The van der Waals surface area contributed by atoms with Gasteiger partial charge in [-0.05, 0) is 93.6 Å². The highest BCUT2D eigenvalue weighted by Gasteiger charge is 2.50. The van der Waals surface area contributed by atoms with Crippen molar-refractivity contribution in [3.05, 3.63) is 46.3 Å². The van der Waals surface area contributed by atoms with Crippen LogP contribution in [0.4, 0.5) is 0 Å². The number of rotatable bonds is 6. The third-order valence-electron chi connectivity index (χ3n) is 7.76. The molecule has 5 heteroatoms. The summed E-state index contributed by atoms with van der Waals surface area (Å²) in [7, 11) is 0. The first kappa shape index (κ1) is 19.7. The summed E-state index contributed by atoms with van der Waals surface area (Å²) in [6, 6.07) is 6.08. The summed E-state index contributed by atoms with van der Waals surface area (Å²) < 4.78 is 11.5. The molecule has 1 heterocycles. The number of hydrogen-bond acceptors (Lipinski definition) is 4. The van der Waals surface area contributed by atoms with Gasteiger partial charge < -0.3 is 14.6 Å². The van der Waals surface area contributed by atoms with Crippen molar-refractivity contribution in [2.75, 3.05) is 6.54 Å². The van der Waals surface area contributed by atoms with Crippen molar-refractivity contribution in [3.63, 3.8) is 0 Å². The molecule has 4 saturated carbocycles. The van der Waals surface area contributed by atoms with Gasteiger partial charge in [-0.25, -0.2) is 0 Å². The van der Waals surface area contributed by atoms with E-state index in [1.165, 1.54) is 38.5 Å². The Morgan fingerprint density at radius 3 is 2.30 bits per heavy atom. The largest absolute Gasteiger partial charge is 0.488 e. The van der Waals surface area contributed by atoms with Gasteiger partial charge in [0.25, 0.3) is 5.91 Å². The van der Waals surface area contributed by atoms with Crippen molar-refractivity contribution in [1.29, 1.82) is 0 Å². The van der Waals surface area contributed by atoms with Gasteiger partial charge in [0.15, 0.2) is 5.69 Å². The monoisotopic (exact) mass is 408 g/mol. The number of carbonyl (C=O) groups is 1. The van der Waals surface area contributed by atoms with Gasteiger partial charge in [0.05, 0.1) is 5.56 Å². The number of ether oxygens (including phenoxy) is 1. The molecule has 4 aliphatic carbocycles. The number of aromatic nitrogens is 1. The SMILES string of the molecule is Cc1cccc(C)c1OCc1c(C(=O)NCC23CC4CC(CC(C4)C2)C3)noc1C. The molecule has 4 bridgehead atoms. The Morgan fingerprint density at radius 2 is 1.70 bits per heavy atom. The van der Waals surface area contributed by atoms with E-state index in [2.05, 4.69) is 10.5 Å². The van der Waals surface area contributed by atoms with Crippen molar-refractivity contribution >= 4 is 5.91 Å². The summed E-state index contributed by atoms with van der Waals surface area (Å²) in [5.74, 6) is 4.00. The number of nitrogens with zero attached hydrogens (tertiary/aromatic N) is 1. The van der Waals surface area contributed by atoms with Crippen LogP contribution in [0, 0.1) is 43.9 Å². The molecular formula is C25H32N2O3. The Bertz CT molecular complexity index is 906. The Labute approximate surface area is 178 Å². The zero-order valence-corrected chi connectivity index (χ0v) is 18.3. The van der Waals surface area contributed by atoms with E-state index in [1.807, 2.05) is 39.0 Å². The molecule has 5 nitrogen and oxygen atoms in total. The van der Waals surface area contributed by atoms with Gasteiger partial charge in [-0.3, -0.25) is 4.79 Å². The van der Waals surface area contributed by atoms with Crippen LogP contribution in [0.1, 0.15) is 71.5 Å². The third-order valence-corrected chi connectivity index (χ3v) is 7.76. The van der Waals surface area contributed by atoms with Gasteiger partial charge in [0, 0.05) is 6.54 Å². The molecule has 0 unspecified atom stereocenters. The molecule has 2 aromatic rings. The molecule has 0 radical (unpaired) electrons. The number of hydrogen-bond donors (Lipinski definition) is 1. The van der Waals surface area contributed by atoms with Gasteiger partial charge in [0.1, 0.15) is 18.1 Å². The Balaban J connectivity index is 1.27. The van der Waals surface area contributed by atoms with Crippen LogP contribution in [0.5, 0.6) is 5.75 Å². The molecule has 0 spiro atoms. The fourth-order valence-electron chi connectivity index (χ4n) is 6.77. The van der Waals surface area contributed by atoms with Gasteiger partial charge >= 0.3 is 0 Å². The van der Waals surface area contributed by atoms with Crippen LogP contribution < -0.4 is 10.1 Å². The molecule has 1 aromatic heterocycles. The van der Waals surface area contributed by atoms with Crippen LogP contribution in [0.3, 0.4) is 0 Å². The molecule has 4 fully saturated rings. The minimum atomic E-state index is -0.136. The minimum absolute atomic E-state index is 0.136. The lowest BCUT2D eigenvalue weighted by atomic mass is 9.49. The number of amides is 1. The van der Waals surface area contributed by atoms with Crippen LogP contribution in [-0.4, -0.2) is 17.6 Å². The average Bonchev–Trinajstić information content (AvgIpc) is 3.05. The molecule has 1 N–H and O–H groups in total. The normalized spacial score (nSPS) is 29.2. The lowest BCUT2D eigenvalue weighted by Crippen LogP contribution is -2.51. The van der Waals surface area contributed by atoms with E-state index in [0.717, 1.165) is 46.7 Å². The molecule has 30 heavy (non-hydrogen) atoms. The van der Waals surface area contributed by atoms with Gasteiger partial charge in [-0.2, -0.15) is 0 Å². The minimum Gasteiger partial charge on any atom is -0.488 e. The Morgan fingerprint density at radius 1 is 1.10 bits per heavy atom. The summed E-state index contributed by atoms with van der Waals surface area (Å²) in [6.07, 6.45) is 8.07. The predicted molar refractivity (Wildman–Crippen MR) is 114 cm³/mol. The van der Waals surface area contributed by atoms with E-state index in [1.54, 1.807) is 0 Å². The van der Waals surface area contributed by atoms with Crippen LogP contribution in [-0.2, 0) is 6.61 Å². The van der Waals surface area contributed by atoms with E-state index in [9.17, 15) is 4.79 Å². The second-order valence-corrected chi connectivity index (χ2v) is 10.2. The smallest absolute Gasteiger partial charge is 0.273 e. The highest BCUT2D eigenvalue weighted by Crippen LogP contribution is 2.59. The number of aryl methyl sites for hydroxylation is 3. The van der Waals surface area contributed by atoms with E-state index in [0.29, 0.717) is 16.9 Å². The van der Waals surface area contributed by atoms with Crippen LogP contribution in [0.25, 0.3) is 0 Å². The summed E-state index contributed by atoms with van der Waals surface area (Å²) in [5, 5.41) is 7.28. The molecule has 0 aliphatic heterocycles. The second-order valence-electron chi connectivity index (χ2n) is 10.2. The van der Waals surface area contributed by atoms with E-state index in [4.69, 9.17) is 9.26 Å². The van der Waals surface area contributed by atoms with E-state index < -0.39 is 0 Å². The van der Waals surface area contributed by atoms with E-state index in [-0.39, 0.29) is 12.5 Å². The maximum atomic E-state index is 13.0. The zero-order valence-electron chi connectivity index (χ0n) is 18.3. The summed E-state index contributed by atoms with van der Waals surface area (Å²) in [5.41, 5.74) is 3.57. The lowest BCUT2D eigenvalue weighted by molar-refractivity contribution is -0.0503. The number of nitrogens with one attached hydrogen (secondary N) is 1. The zero-order chi connectivity index (χ0) is 20.9. The molecule has 160 valence electrons. The predicted octanol–water partition coefficient (Wildman–Crippen LogP) is 5.13. The van der Waals surface area contributed by atoms with Crippen molar-refractivity contribution in [2.24, 2.45) is 23.2 Å². The van der Waals surface area contributed by atoms with Crippen molar-refractivity contribution in [2.45, 2.75) is 65.9 Å². The van der Waals surface area contributed by atoms with Crippen LogP contribution >= 0.6 is 0 Å². The molecule has 1 amide bonds. The Kier molecular flexibility index (Phi) is 4.87. The third kappa shape index (κ3) is 3.52. The van der Waals surface area contributed by atoms with Crippen LogP contribution in [0.15, 0.2) is 22.7 Å². The fraction of sp³-hybridized carbons (Fsp3) is 0.600.